The van der Waals surface area contributed by atoms with Crippen molar-refractivity contribution in [3.8, 4) is 11.3 Å². The van der Waals surface area contributed by atoms with Crippen LogP contribution in [0, 0.1) is 6.92 Å². The molecule has 8 heteroatoms. The third kappa shape index (κ3) is 2.84. The molecule has 1 aromatic carbocycles. The van der Waals surface area contributed by atoms with Crippen LogP contribution >= 0.6 is 23.2 Å². The monoisotopic (exact) mass is 376 g/mol. The van der Waals surface area contributed by atoms with E-state index in [1.807, 2.05) is 19.1 Å². The van der Waals surface area contributed by atoms with Crippen LogP contribution in [0.2, 0.25) is 10.0 Å². The van der Waals surface area contributed by atoms with Gasteiger partial charge in [0.25, 0.3) is 5.78 Å². The standard InChI is InChI=1S/C17H18Cl2N6/c1-10-13(9-20)15(12-5-4-11(18)8-14(12)19)25-16(21-10)22-17(23-25)24-6-2-3-7-24/h4-5,8H,2-3,6-7,9,20H2,1H3. The quantitative estimate of drug-likeness (QED) is 0.757. The first-order valence-electron chi connectivity index (χ1n) is 8.25. The highest BCUT2D eigenvalue weighted by atomic mass is 35.5. The zero-order valence-corrected chi connectivity index (χ0v) is 15.3. The van der Waals surface area contributed by atoms with E-state index in [0.29, 0.717) is 28.3 Å². The van der Waals surface area contributed by atoms with Crippen molar-refractivity contribution in [2.45, 2.75) is 26.3 Å². The molecule has 0 aliphatic carbocycles. The van der Waals surface area contributed by atoms with Crippen LogP contribution < -0.4 is 10.6 Å². The second kappa shape index (κ2) is 6.44. The van der Waals surface area contributed by atoms with Crippen LogP contribution in [-0.2, 0) is 6.54 Å². The summed E-state index contributed by atoms with van der Waals surface area (Å²) < 4.78 is 1.75. The van der Waals surface area contributed by atoms with Crippen molar-refractivity contribution in [3.63, 3.8) is 0 Å². The van der Waals surface area contributed by atoms with E-state index >= 15 is 0 Å². The minimum Gasteiger partial charge on any atom is -0.339 e. The van der Waals surface area contributed by atoms with Gasteiger partial charge in [-0.2, -0.15) is 9.50 Å². The molecule has 6 nitrogen and oxygen atoms in total. The van der Waals surface area contributed by atoms with E-state index in [1.165, 1.54) is 0 Å². The normalized spacial score (nSPS) is 14.6. The lowest BCUT2D eigenvalue weighted by Crippen LogP contribution is -2.19. The lowest BCUT2D eigenvalue weighted by atomic mass is 10.0. The number of anilines is 1. The molecule has 0 atom stereocenters. The summed E-state index contributed by atoms with van der Waals surface area (Å²) in [5, 5.41) is 5.84. The maximum Gasteiger partial charge on any atom is 0.254 e. The molecule has 0 amide bonds. The van der Waals surface area contributed by atoms with Crippen molar-refractivity contribution in [3.05, 3.63) is 39.5 Å². The Morgan fingerprint density at radius 1 is 1.16 bits per heavy atom. The first kappa shape index (κ1) is 16.6. The van der Waals surface area contributed by atoms with Crippen molar-refractivity contribution < 1.29 is 0 Å². The third-order valence-electron chi connectivity index (χ3n) is 4.56. The number of benzene rings is 1. The van der Waals surface area contributed by atoms with E-state index in [9.17, 15) is 0 Å². The number of nitrogens with zero attached hydrogens (tertiary/aromatic N) is 5. The Labute approximate surface area is 155 Å². The van der Waals surface area contributed by atoms with Gasteiger partial charge in [0.1, 0.15) is 0 Å². The number of fused-ring (bicyclic) bond motifs is 1. The Hall–Kier alpha value is -1.89. The highest BCUT2D eigenvalue weighted by Crippen LogP contribution is 2.34. The van der Waals surface area contributed by atoms with Gasteiger partial charge < -0.3 is 10.6 Å². The summed E-state index contributed by atoms with van der Waals surface area (Å²) in [6, 6.07) is 5.41. The van der Waals surface area contributed by atoms with Gasteiger partial charge in [0.15, 0.2) is 0 Å². The average molecular weight is 377 g/mol. The lowest BCUT2D eigenvalue weighted by Gasteiger charge is -2.14. The van der Waals surface area contributed by atoms with Crippen LogP contribution in [0.3, 0.4) is 0 Å². The fourth-order valence-electron chi connectivity index (χ4n) is 3.29. The maximum atomic E-state index is 6.46. The Kier molecular flexibility index (Phi) is 4.27. The minimum atomic E-state index is 0.335. The molecule has 1 aliphatic heterocycles. The third-order valence-corrected chi connectivity index (χ3v) is 5.11. The number of aromatic nitrogens is 4. The largest absolute Gasteiger partial charge is 0.339 e. The van der Waals surface area contributed by atoms with Crippen LogP contribution in [0.1, 0.15) is 24.1 Å². The smallest absolute Gasteiger partial charge is 0.254 e. The molecule has 3 heterocycles. The number of hydrogen-bond acceptors (Lipinski definition) is 5. The minimum absolute atomic E-state index is 0.335. The van der Waals surface area contributed by atoms with Gasteiger partial charge in [0.2, 0.25) is 5.95 Å². The summed E-state index contributed by atoms with van der Waals surface area (Å²) in [7, 11) is 0. The predicted octanol–water partition coefficient (Wildman–Crippen LogP) is 3.47. The lowest BCUT2D eigenvalue weighted by molar-refractivity contribution is 0.860. The van der Waals surface area contributed by atoms with Crippen LogP contribution in [0.4, 0.5) is 5.95 Å². The number of hydrogen-bond donors (Lipinski definition) is 1. The number of rotatable bonds is 3. The van der Waals surface area contributed by atoms with E-state index in [2.05, 4.69) is 14.9 Å². The molecule has 0 spiro atoms. The van der Waals surface area contributed by atoms with Crippen molar-refractivity contribution >= 4 is 34.9 Å². The van der Waals surface area contributed by atoms with Gasteiger partial charge in [-0.1, -0.05) is 23.2 Å². The number of aryl methyl sites for hydroxylation is 1. The molecule has 2 N–H and O–H groups in total. The predicted molar refractivity (Wildman–Crippen MR) is 100 cm³/mol. The molecule has 0 radical (unpaired) electrons. The molecule has 1 fully saturated rings. The Bertz CT molecular complexity index is 946. The molecular formula is C17H18Cl2N6. The maximum absolute atomic E-state index is 6.46. The number of halogens is 2. The molecule has 1 saturated heterocycles. The van der Waals surface area contributed by atoms with Crippen molar-refractivity contribution in [1.29, 1.82) is 0 Å². The molecule has 4 rings (SSSR count). The van der Waals surface area contributed by atoms with Gasteiger partial charge in [0, 0.05) is 41.5 Å². The van der Waals surface area contributed by atoms with Crippen molar-refractivity contribution in [1.82, 2.24) is 19.6 Å². The fraction of sp³-hybridized carbons (Fsp3) is 0.353. The summed E-state index contributed by atoms with van der Waals surface area (Å²) in [4.78, 5) is 11.4. The summed E-state index contributed by atoms with van der Waals surface area (Å²) in [5.41, 5.74) is 9.38. The summed E-state index contributed by atoms with van der Waals surface area (Å²) in [6.45, 7) is 4.20. The van der Waals surface area contributed by atoms with Crippen molar-refractivity contribution in [2.75, 3.05) is 18.0 Å². The Balaban J connectivity index is 1.99. The first-order chi connectivity index (χ1) is 12.1. The molecule has 130 valence electrons. The molecule has 0 unspecified atom stereocenters. The zero-order chi connectivity index (χ0) is 17.6. The van der Waals surface area contributed by atoms with Gasteiger partial charge >= 0.3 is 0 Å². The van der Waals surface area contributed by atoms with Crippen LogP contribution in [-0.4, -0.2) is 32.7 Å². The molecule has 0 saturated carbocycles. The second-order valence-electron chi connectivity index (χ2n) is 6.17. The Morgan fingerprint density at radius 3 is 2.60 bits per heavy atom. The van der Waals surface area contributed by atoms with Gasteiger partial charge in [-0.05, 0) is 38.0 Å². The molecular weight excluding hydrogens is 359 g/mol. The highest BCUT2D eigenvalue weighted by Gasteiger charge is 2.22. The summed E-state index contributed by atoms with van der Waals surface area (Å²) in [5.74, 6) is 1.25. The summed E-state index contributed by atoms with van der Waals surface area (Å²) in [6.07, 6.45) is 2.32. The van der Waals surface area contributed by atoms with E-state index < -0.39 is 0 Å². The van der Waals surface area contributed by atoms with Crippen LogP contribution in [0.5, 0.6) is 0 Å². The van der Waals surface area contributed by atoms with E-state index in [0.717, 1.165) is 48.4 Å². The molecule has 3 aromatic rings. The summed E-state index contributed by atoms with van der Waals surface area (Å²) >= 11 is 12.5. The van der Waals surface area contributed by atoms with Crippen LogP contribution in [0.15, 0.2) is 18.2 Å². The topological polar surface area (TPSA) is 72.3 Å². The van der Waals surface area contributed by atoms with Crippen LogP contribution in [0.25, 0.3) is 17.0 Å². The highest BCUT2D eigenvalue weighted by molar-refractivity contribution is 6.36. The second-order valence-corrected chi connectivity index (χ2v) is 7.01. The van der Waals surface area contributed by atoms with Gasteiger partial charge in [-0.15, -0.1) is 5.10 Å². The van der Waals surface area contributed by atoms with E-state index in [1.54, 1.807) is 10.6 Å². The van der Waals surface area contributed by atoms with Crippen molar-refractivity contribution in [2.24, 2.45) is 5.73 Å². The molecule has 25 heavy (non-hydrogen) atoms. The SMILES string of the molecule is Cc1nc2nc(N3CCCC3)nn2c(-c2ccc(Cl)cc2Cl)c1CN. The van der Waals surface area contributed by atoms with Gasteiger partial charge in [-0.3, -0.25) is 0 Å². The van der Waals surface area contributed by atoms with E-state index in [-0.39, 0.29) is 0 Å². The zero-order valence-electron chi connectivity index (χ0n) is 13.8. The molecule has 1 aliphatic rings. The molecule has 0 bridgehead atoms. The van der Waals surface area contributed by atoms with E-state index in [4.69, 9.17) is 34.0 Å². The first-order valence-corrected chi connectivity index (χ1v) is 9.01. The number of nitrogens with two attached hydrogens (primary N) is 1. The fourth-order valence-corrected chi connectivity index (χ4v) is 3.78. The molecule has 2 aromatic heterocycles. The Morgan fingerprint density at radius 2 is 1.92 bits per heavy atom. The van der Waals surface area contributed by atoms with Gasteiger partial charge in [0.05, 0.1) is 10.7 Å². The average Bonchev–Trinajstić information content (AvgIpc) is 3.23. The van der Waals surface area contributed by atoms with Gasteiger partial charge in [-0.25, -0.2) is 4.98 Å².